The molecule has 10 nitrogen and oxygen atoms in total. The molecule has 2 saturated heterocycles. The fourth-order valence-corrected chi connectivity index (χ4v) is 8.30. The van der Waals surface area contributed by atoms with E-state index in [1.807, 2.05) is 0 Å². The Morgan fingerprint density at radius 2 is 2.03 bits per heavy atom. The first-order valence-corrected chi connectivity index (χ1v) is 12.3. The summed E-state index contributed by atoms with van der Waals surface area (Å²) >= 11 is 5.84. The number of fused-ring (bicyclic) bond motifs is 1. The number of amides is 2. The number of carboxylic acids is 1. The molecule has 3 aliphatic heterocycles. The highest BCUT2D eigenvalue weighted by molar-refractivity contribution is 8.20. The normalized spacial score (nSPS) is 25.0. The van der Waals surface area contributed by atoms with Gasteiger partial charge in [0.05, 0.1) is 4.58 Å². The van der Waals surface area contributed by atoms with Crippen molar-refractivity contribution in [1.29, 1.82) is 0 Å². The largest absolute Gasteiger partial charge is 0.477 e. The van der Waals surface area contributed by atoms with Gasteiger partial charge in [0.1, 0.15) is 22.8 Å². The number of nitrogens with two attached hydrogens (primary N) is 1. The predicted octanol–water partition coefficient (Wildman–Crippen LogP) is 0.448. The number of anilines is 1. The van der Waals surface area contributed by atoms with Crippen LogP contribution < -0.4 is 11.1 Å². The molecule has 4 rings (SSSR count). The van der Waals surface area contributed by atoms with Crippen molar-refractivity contribution in [3.63, 3.8) is 0 Å². The number of carbonyl (C=O) groups is 3. The quantitative estimate of drug-likeness (QED) is 0.205. The Morgan fingerprint density at radius 1 is 1.31 bits per heavy atom. The molecule has 2 atom stereocenters. The average Bonchev–Trinajstić information content (AvgIpc) is 3.37. The van der Waals surface area contributed by atoms with Crippen LogP contribution in [0.1, 0.15) is 5.69 Å². The monoisotopic (exact) mass is 473 g/mol. The summed E-state index contributed by atoms with van der Waals surface area (Å²) in [6, 6.07) is -0.917. The number of β-lactam (4-membered cyclic amide) rings is 1. The van der Waals surface area contributed by atoms with E-state index in [1.165, 1.54) is 22.0 Å². The van der Waals surface area contributed by atoms with Crippen LogP contribution in [0.25, 0.3) is 0 Å². The summed E-state index contributed by atoms with van der Waals surface area (Å²) in [5.41, 5.74) is 6.02. The van der Waals surface area contributed by atoms with Crippen molar-refractivity contribution < 1.29 is 24.7 Å². The number of aromatic nitrogens is 1. The van der Waals surface area contributed by atoms with Crippen molar-refractivity contribution >= 4 is 75.2 Å². The lowest BCUT2D eigenvalue weighted by Gasteiger charge is -2.49. The minimum Gasteiger partial charge on any atom is -0.477 e. The van der Waals surface area contributed by atoms with E-state index < -0.39 is 29.2 Å². The number of aliphatic carboxylic acids is 1. The third kappa shape index (κ3) is 3.58. The fourth-order valence-electron chi connectivity index (χ4n) is 3.20. The Kier molecular flexibility index (Phi) is 5.68. The molecular weight excluding hydrogens is 458 g/mol. The number of oxime groups is 1. The summed E-state index contributed by atoms with van der Waals surface area (Å²) in [5, 5.41) is 25.5. The van der Waals surface area contributed by atoms with Crippen LogP contribution in [0.3, 0.4) is 0 Å². The molecule has 0 spiro atoms. The van der Waals surface area contributed by atoms with E-state index in [2.05, 4.69) is 15.5 Å². The third-order valence-electron chi connectivity index (χ3n) is 4.47. The highest BCUT2D eigenvalue weighted by Gasteiger charge is 2.55. The van der Waals surface area contributed by atoms with E-state index in [9.17, 15) is 24.7 Å². The second-order valence-corrected chi connectivity index (χ2v) is 10.9. The van der Waals surface area contributed by atoms with Crippen LogP contribution in [0.2, 0.25) is 0 Å². The number of rotatable bonds is 5. The molecule has 0 aromatic carbocycles. The van der Waals surface area contributed by atoms with Gasteiger partial charge in [0.2, 0.25) is 0 Å². The molecule has 14 heteroatoms. The SMILES string of the molecule is Nc1nc(/C(=N\O)C(=O)NC2C(=O)N3C(C(=O)O)=C(C4SCCS4)CSC23)cs1. The van der Waals surface area contributed by atoms with Crippen LogP contribution in [-0.2, 0) is 14.4 Å². The molecule has 154 valence electrons. The van der Waals surface area contributed by atoms with Gasteiger partial charge in [-0.2, -0.15) is 0 Å². The first-order valence-electron chi connectivity index (χ1n) is 8.31. The molecule has 0 saturated carbocycles. The van der Waals surface area contributed by atoms with Crippen molar-refractivity contribution in [3.8, 4) is 0 Å². The summed E-state index contributed by atoms with van der Waals surface area (Å²) in [4.78, 5) is 42.2. The summed E-state index contributed by atoms with van der Waals surface area (Å²) in [6.07, 6.45) is 0. The number of carboxylic acid groups (broad SMARTS) is 1. The summed E-state index contributed by atoms with van der Waals surface area (Å²) in [7, 11) is 0. The number of hydrogen-bond donors (Lipinski definition) is 4. The van der Waals surface area contributed by atoms with Gasteiger partial charge in [0, 0.05) is 22.6 Å². The lowest BCUT2D eigenvalue weighted by Crippen LogP contribution is -2.71. The zero-order valence-corrected chi connectivity index (χ0v) is 17.9. The van der Waals surface area contributed by atoms with Crippen LogP contribution >= 0.6 is 46.6 Å². The molecule has 5 N–H and O–H groups in total. The van der Waals surface area contributed by atoms with Crippen LogP contribution in [-0.4, -0.2) is 76.9 Å². The van der Waals surface area contributed by atoms with E-state index in [-0.39, 0.29) is 26.8 Å². The van der Waals surface area contributed by atoms with Gasteiger partial charge in [0.15, 0.2) is 10.8 Å². The third-order valence-corrected chi connectivity index (χ3v) is 9.58. The second-order valence-electron chi connectivity index (χ2n) is 6.13. The highest BCUT2D eigenvalue weighted by Crippen LogP contribution is 2.47. The van der Waals surface area contributed by atoms with Gasteiger partial charge < -0.3 is 21.4 Å². The minimum absolute atomic E-state index is 0.0134. The molecule has 1 aromatic rings. The predicted molar refractivity (Wildman–Crippen MR) is 113 cm³/mol. The molecule has 29 heavy (non-hydrogen) atoms. The van der Waals surface area contributed by atoms with Crippen molar-refractivity contribution in [1.82, 2.24) is 15.2 Å². The summed E-state index contributed by atoms with van der Waals surface area (Å²) in [6.45, 7) is 0. The van der Waals surface area contributed by atoms with Gasteiger partial charge in [-0.25, -0.2) is 9.78 Å². The minimum atomic E-state index is -1.15. The zero-order valence-electron chi connectivity index (χ0n) is 14.6. The molecule has 2 amide bonds. The standard InChI is InChI=1S/C15H15N5O5S4/c16-15-17-6(4-29-15)7(19-25)10(21)18-8-11(22)20-9(13(23)24)5(3-28-12(8)20)14-26-1-2-27-14/h4,8,12,14,25H,1-3H2,(H2,16,17)(H,18,21)(H,23,24)/b19-7+. The molecule has 0 aliphatic carbocycles. The summed E-state index contributed by atoms with van der Waals surface area (Å²) < 4.78 is 0.0271. The maximum atomic E-state index is 12.7. The molecule has 2 fully saturated rings. The Morgan fingerprint density at radius 3 is 2.62 bits per heavy atom. The van der Waals surface area contributed by atoms with E-state index in [4.69, 9.17) is 5.73 Å². The second kappa shape index (κ2) is 8.08. The van der Waals surface area contributed by atoms with Gasteiger partial charge in [-0.3, -0.25) is 14.5 Å². The molecular formula is C15H15N5O5S4. The van der Waals surface area contributed by atoms with Crippen LogP contribution in [0.5, 0.6) is 0 Å². The smallest absolute Gasteiger partial charge is 0.352 e. The van der Waals surface area contributed by atoms with Crippen molar-refractivity contribution in [3.05, 3.63) is 22.3 Å². The topological polar surface area (TPSA) is 158 Å². The Hall–Kier alpha value is -1.90. The van der Waals surface area contributed by atoms with Crippen molar-refractivity contribution in [2.45, 2.75) is 16.0 Å². The fraction of sp³-hybridized carbons (Fsp3) is 0.400. The molecule has 1 aromatic heterocycles. The first kappa shape index (κ1) is 20.4. The van der Waals surface area contributed by atoms with Gasteiger partial charge in [-0.15, -0.1) is 46.6 Å². The average molecular weight is 474 g/mol. The van der Waals surface area contributed by atoms with E-state index in [0.29, 0.717) is 5.75 Å². The maximum Gasteiger partial charge on any atom is 0.352 e. The Bertz CT molecular complexity index is 941. The number of nitrogens with zero attached hydrogens (tertiary/aromatic N) is 3. The molecule has 0 bridgehead atoms. The lowest BCUT2D eigenvalue weighted by molar-refractivity contribution is -0.150. The molecule has 3 aliphatic rings. The van der Waals surface area contributed by atoms with Crippen LogP contribution in [0.15, 0.2) is 21.8 Å². The van der Waals surface area contributed by atoms with Crippen LogP contribution in [0, 0.1) is 0 Å². The number of thioether (sulfide) groups is 3. The zero-order chi connectivity index (χ0) is 20.7. The van der Waals surface area contributed by atoms with E-state index in [0.717, 1.165) is 28.4 Å². The van der Waals surface area contributed by atoms with Crippen LogP contribution in [0.4, 0.5) is 5.13 Å². The summed E-state index contributed by atoms with van der Waals surface area (Å²) in [5.74, 6) is -0.0877. The van der Waals surface area contributed by atoms with Gasteiger partial charge >= 0.3 is 5.97 Å². The van der Waals surface area contributed by atoms with Gasteiger partial charge in [0.25, 0.3) is 11.8 Å². The molecule has 2 unspecified atom stereocenters. The van der Waals surface area contributed by atoms with E-state index in [1.54, 1.807) is 23.5 Å². The Balaban J connectivity index is 1.52. The molecule has 4 heterocycles. The number of nitrogens with one attached hydrogen (secondary N) is 1. The number of hydrogen-bond acceptors (Lipinski definition) is 11. The highest BCUT2D eigenvalue weighted by atomic mass is 32.2. The number of carbonyl (C=O) groups excluding carboxylic acids is 2. The lowest BCUT2D eigenvalue weighted by atomic mass is 10.0. The van der Waals surface area contributed by atoms with Gasteiger partial charge in [-0.05, 0) is 5.57 Å². The van der Waals surface area contributed by atoms with Gasteiger partial charge in [-0.1, -0.05) is 5.16 Å². The first-order chi connectivity index (χ1) is 13.9. The van der Waals surface area contributed by atoms with Crippen molar-refractivity contribution in [2.24, 2.45) is 5.16 Å². The number of nitrogen functional groups attached to an aromatic ring is 1. The van der Waals surface area contributed by atoms with Crippen molar-refractivity contribution in [2.75, 3.05) is 23.0 Å². The maximum absolute atomic E-state index is 12.7. The Labute approximate surface area is 181 Å². The molecule has 0 radical (unpaired) electrons. The van der Waals surface area contributed by atoms with E-state index >= 15 is 0 Å². The number of thiazole rings is 1.